The number of phenols is 2. The Balaban J connectivity index is 2.73. The molecule has 0 spiro atoms. The fraction of sp³-hybridized carbons (Fsp3) is 0.333. The van der Waals surface area contributed by atoms with Crippen LogP contribution in [0.1, 0.15) is 24.2 Å². The van der Waals surface area contributed by atoms with Crippen LogP contribution < -0.4 is 5.32 Å². The Kier molecular flexibility index (Phi) is 4.53. The van der Waals surface area contributed by atoms with Crippen molar-refractivity contribution in [3.63, 3.8) is 0 Å². The fourth-order valence-electron chi connectivity index (χ4n) is 1.33. The third kappa shape index (κ3) is 3.65. The highest BCUT2D eigenvalue weighted by atomic mass is 16.5. The molecule has 0 radical (unpaired) electrons. The van der Waals surface area contributed by atoms with Crippen molar-refractivity contribution in [3.05, 3.63) is 23.8 Å². The number of carbonyl (C=O) groups excluding carboxylic acids is 2. The first-order chi connectivity index (χ1) is 8.43. The summed E-state index contributed by atoms with van der Waals surface area (Å²) in [4.78, 5) is 23.0. The molecule has 0 aliphatic rings. The zero-order valence-electron chi connectivity index (χ0n) is 10.1. The number of ether oxygens (including phenoxy) is 1. The smallest absolute Gasteiger partial charge is 0.328 e. The summed E-state index contributed by atoms with van der Waals surface area (Å²) in [6, 6.07) is 2.67. The van der Waals surface area contributed by atoms with E-state index in [4.69, 9.17) is 4.74 Å². The summed E-state index contributed by atoms with van der Waals surface area (Å²) in [6.45, 7) is 3.38. The lowest BCUT2D eigenvalue weighted by atomic mass is 10.1. The second-order valence-electron chi connectivity index (χ2n) is 3.69. The van der Waals surface area contributed by atoms with Gasteiger partial charge in [0.2, 0.25) is 0 Å². The number of aromatic hydroxyl groups is 2. The van der Waals surface area contributed by atoms with E-state index in [2.05, 4.69) is 5.32 Å². The van der Waals surface area contributed by atoms with Gasteiger partial charge in [0.1, 0.15) is 17.5 Å². The number of benzene rings is 1. The SMILES string of the molecule is CCOC(=O)C(C)NC(=O)c1cc(O)cc(O)c1. The summed E-state index contributed by atoms with van der Waals surface area (Å²) in [5.74, 6) is -1.59. The van der Waals surface area contributed by atoms with Gasteiger partial charge in [-0.25, -0.2) is 4.79 Å². The van der Waals surface area contributed by atoms with Gasteiger partial charge in [-0.3, -0.25) is 4.79 Å². The first-order valence-electron chi connectivity index (χ1n) is 5.44. The van der Waals surface area contributed by atoms with Crippen molar-refractivity contribution < 1.29 is 24.5 Å². The molecule has 0 aliphatic heterocycles. The third-order valence-electron chi connectivity index (χ3n) is 2.15. The largest absolute Gasteiger partial charge is 0.508 e. The zero-order chi connectivity index (χ0) is 13.7. The van der Waals surface area contributed by atoms with Crippen LogP contribution in [0.2, 0.25) is 0 Å². The summed E-state index contributed by atoms with van der Waals surface area (Å²) in [5, 5.41) is 20.9. The fourth-order valence-corrected chi connectivity index (χ4v) is 1.33. The Morgan fingerprint density at radius 1 is 1.28 bits per heavy atom. The van der Waals surface area contributed by atoms with Gasteiger partial charge >= 0.3 is 5.97 Å². The van der Waals surface area contributed by atoms with E-state index in [1.54, 1.807) is 6.92 Å². The van der Waals surface area contributed by atoms with Crippen molar-refractivity contribution >= 4 is 11.9 Å². The molecule has 1 amide bonds. The van der Waals surface area contributed by atoms with Gasteiger partial charge in [-0.05, 0) is 26.0 Å². The van der Waals surface area contributed by atoms with Gasteiger partial charge in [0.25, 0.3) is 5.91 Å². The topological polar surface area (TPSA) is 95.9 Å². The molecular weight excluding hydrogens is 238 g/mol. The molecule has 0 heterocycles. The lowest BCUT2D eigenvalue weighted by Crippen LogP contribution is -2.39. The normalized spacial score (nSPS) is 11.7. The Hall–Kier alpha value is -2.24. The van der Waals surface area contributed by atoms with Crippen molar-refractivity contribution in [3.8, 4) is 11.5 Å². The van der Waals surface area contributed by atoms with Crippen molar-refractivity contribution in [2.24, 2.45) is 0 Å². The maximum absolute atomic E-state index is 11.7. The number of nitrogens with one attached hydrogen (secondary N) is 1. The molecule has 0 aliphatic carbocycles. The van der Waals surface area contributed by atoms with E-state index < -0.39 is 17.9 Å². The Morgan fingerprint density at radius 2 is 1.83 bits per heavy atom. The minimum absolute atomic E-state index is 0.0589. The molecule has 1 unspecified atom stereocenters. The maximum atomic E-state index is 11.7. The monoisotopic (exact) mass is 253 g/mol. The molecule has 6 nitrogen and oxygen atoms in total. The van der Waals surface area contributed by atoms with E-state index in [1.807, 2.05) is 0 Å². The summed E-state index contributed by atoms with van der Waals surface area (Å²) in [5.41, 5.74) is 0.0589. The standard InChI is InChI=1S/C12H15NO5/c1-3-18-12(17)7(2)13-11(16)8-4-9(14)6-10(15)5-8/h4-7,14-15H,3H2,1-2H3,(H,13,16). The van der Waals surface area contributed by atoms with Gasteiger partial charge in [-0.2, -0.15) is 0 Å². The molecule has 0 bridgehead atoms. The predicted molar refractivity (Wildman–Crippen MR) is 63.3 cm³/mol. The van der Waals surface area contributed by atoms with Crippen LogP contribution in [0.4, 0.5) is 0 Å². The van der Waals surface area contributed by atoms with Gasteiger partial charge in [0.15, 0.2) is 0 Å². The summed E-state index contributed by atoms with van der Waals surface area (Å²) in [7, 11) is 0. The lowest BCUT2D eigenvalue weighted by molar-refractivity contribution is -0.144. The van der Waals surface area contributed by atoms with Crippen molar-refractivity contribution in [1.29, 1.82) is 0 Å². The minimum atomic E-state index is -0.804. The Bertz CT molecular complexity index is 438. The van der Waals surface area contributed by atoms with E-state index in [1.165, 1.54) is 19.1 Å². The molecule has 1 atom stereocenters. The van der Waals surface area contributed by atoms with Crippen LogP contribution in [0.3, 0.4) is 0 Å². The molecule has 0 fully saturated rings. The molecule has 18 heavy (non-hydrogen) atoms. The van der Waals surface area contributed by atoms with Gasteiger partial charge in [-0.15, -0.1) is 0 Å². The van der Waals surface area contributed by atoms with Crippen molar-refractivity contribution in [1.82, 2.24) is 5.32 Å². The van der Waals surface area contributed by atoms with Crippen LogP contribution in [-0.2, 0) is 9.53 Å². The van der Waals surface area contributed by atoms with E-state index in [9.17, 15) is 19.8 Å². The molecule has 0 saturated carbocycles. The Morgan fingerprint density at radius 3 is 2.33 bits per heavy atom. The summed E-state index contributed by atoms with van der Waals surface area (Å²) >= 11 is 0. The second kappa shape index (κ2) is 5.90. The quantitative estimate of drug-likeness (QED) is 0.689. The molecule has 1 rings (SSSR count). The van der Waals surface area contributed by atoms with Crippen LogP contribution in [0.5, 0.6) is 11.5 Å². The van der Waals surface area contributed by atoms with Gasteiger partial charge in [0, 0.05) is 11.6 Å². The van der Waals surface area contributed by atoms with E-state index in [0.717, 1.165) is 6.07 Å². The number of amides is 1. The molecule has 1 aromatic carbocycles. The van der Waals surface area contributed by atoms with Crippen LogP contribution in [-0.4, -0.2) is 34.7 Å². The van der Waals surface area contributed by atoms with E-state index >= 15 is 0 Å². The summed E-state index contributed by atoms with van der Waals surface area (Å²) < 4.78 is 4.74. The van der Waals surface area contributed by atoms with Crippen LogP contribution >= 0.6 is 0 Å². The molecule has 98 valence electrons. The third-order valence-corrected chi connectivity index (χ3v) is 2.15. The summed E-state index contributed by atoms with van der Waals surface area (Å²) in [6.07, 6.45) is 0. The minimum Gasteiger partial charge on any atom is -0.508 e. The maximum Gasteiger partial charge on any atom is 0.328 e. The highest BCUT2D eigenvalue weighted by molar-refractivity contribution is 5.97. The predicted octanol–water partition coefficient (Wildman–Crippen LogP) is 0.779. The molecule has 0 saturated heterocycles. The van der Waals surface area contributed by atoms with Gasteiger partial charge < -0.3 is 20.3 Å². The molecular formula is C12H15NO5. The molecule has 1 aromatic rings. The van der Waals surface area contributed by atoms with Gasteiger partial charge in [0.05, 0.1) is 6.61 Å². The number of phenolic OH excluding ortho intramolecular Hbond substituents is 2. The first kappa shape index (κ1) is 13.8. The van der Waals surface area contributed by atoms with Crippen LogP contribution in [0.25, 0.3) is 0 Å². The van der Waals surface area contributed by atoms with E-state index in [-0.39, 0.29) is 23.7 Å². The number of hydrogen-bond acceptors (Lipinski definition) is 5. The number of carbonyl (C=O) groups is 2. The van der Waals surface area contributed by atoms with Gasteiger partial charge in [-0.1, -0.05) is 0 Å². The highest BCUT2D eigenvalue weighted by Gasteiger charge is 2.18. The zero-order valence-corrected chi connectivity index (χ0v) is 10.1. The number of hydrogen-bond donors (Lipinski definition) is 3. The average molecular weight is 253 g/mol. The number of rotatable bonds is 4. The van der Waals surface area contributed by atoms with Crippen LogP contribution in [0, 0.1) is 0 Å². The highest BCUT2D eigenvalue weighted by Crippen LogP contribution is 2.20. The molecule has 6 heteroatoms. The molecule has 0 aromatic heterocycles. The van der Waals surface area contributed by atoms with Crippen LogP contribution in [0.15, 0.2) is 18.2 Å². The van der Waals surface area contributed by atoms with E-state index in [0.29, 0.717) is 0 Å². The second-order valence-corrected chi connectivity index (χ2v) is 3.69. The molecule has 3 N–H and O–H groups in total. The number of esters is 1. The first-order valence-corrected chi connectivity index (χ1v) is 5.44. The average Bonchev–Trinajstić information content (AvgIpc) is 2.27. The van der Waals surface area contributed by atoms with Crippen molar-refractivity contribution in [2.75, 3.05) is 6.61 Å². The lowest BCUT2D eigenvalue weighted by Gasteiger charge is -2.12. The Labute approximate surface area is 104 Å². The van der Waals surface area contributed by atoms with Crippen molar-refractivity contribution in [2.45, 2.75) is 19.9 Å².